The van der Waals surface area contributed by atoms with Gasteiger partial charge in [-0.1, -0.05) is 11.6 Å². The number of aromatic amines is 1. The Morgan fingerprint density at radius 2 is 1.84 bits per heavy atom. The summed E-state index contributed by atoms with van der Waals surface area (Å²) in [6.45, 7) is 1.88. The molecule has 5 nitrogen and oxygen atoms in total. The molecular formula is C26H30ClN3O2. The lowest BCUT2D eigenvalue weighted by molar-refractivity contribution is 0.0716. The van der Waals surface area contributed by atoms with E-state index in [0.717, 1.165) is 68.1 Å². The van der Waals surface area contributed by atoms with Crippen molar-refractivity contribution in [3.63, 3.8) is 0 Å². The first-order valence-electron chi connectivity index (χ1n) is 11.6. The number of nitrogens with one attached hydrogen (secondary N) is 2. The number of H-pyrrole nitrogens is 1. The van der Waals surface area contributed by atoms with Gasteiger partial charge in [-0.05, 0) is 93.9 Å². The summed E-state index contributed by atoms with van der Waals surface area (Å²) in [7, 11) is 0. The molecule has 6 heteroatoms. The second-order valence-electron chi connectivity index (χ2n) is 8.73. The second-order valence-corrected chi connectivity index (χ2v) is 9.17. The third kappa shape index (κ3) is 5.64. The molecule has 32 heavy (non-hydrogen) atoms. The van der Waals surface area contributed by atoms with Crippen LogP contribution in [0.25, 0.3) is 10.9 Å². The molecular weight excluding hydrogens is 422 g/mol. The van der Waals surface area contributed by atoms with Gasteiger partial charge in [-0.25, -0.2) is 0 Å². The number of halogens is 1. The summed E-state index contributed by atoms with van der Waals surface area (Å²) in [5.41, 5.74) is 2.41. The van der Waals surface area contributed by atoms with Crippen molar-refractivity contribution in [2.75, 3.05) is 13.1 Å². The van der Waals surface area contributed by atoms with E-state index < -0.39 is 0 Å². The summed E-state index contributed by atoms with van der Waals surface area (Å²) in [4.78, 5) is 32.2. The summed E-state index contributed by atoms with van der Waals surface area (Å²) in [5.74, 6) is 1.04. The van der Waals surface area contributed by atoms with Crippen LogP contribution < -0.4 is 5.32 Å². The van der Waals surface area contributed by atoms with Gasteiger partial charge in [-0.3, -0.25) is 14.6 Å². The topological polar surface area (TPSA) is 74.8 Å². The van der Waals surface area contributed by atoms with Crippen LogP contribution in [0, 0.1) is 11.8 Å². The number of nitrogens with zero attached hydrogens (tertiary/aromatic N) is 1. The van der Waals surface area contributed by atoms with Gasteiger partial charge in [0.05, 0.1) is 5.69 Å². The molecule has 168 valence electrons. The predicted molar refractivity (Wildman–Crippen MR) is 128 cm³/mol. The lowest BCUT2D eigenvalue weighted by Gasteiger charge is -2.35. The molecule has 1 fully saturated rings. The van der Waals surface area contributed by atoms with Crippen molar-refractivity contribution in [1.82, 2.24) is 15.3 Å². The van der Waals surface area contributed by atoms with E-state index in [1.54, 1.807) is 24.5 Å². The second kappa shape index (κ2) is 10.9. The Kier molecular flexibility index (Phi) is 7.72. The minimum absolute atomic E-state index is 0.137. The first-order valence-corrected chi connectivity index (χ1v) is 12.0. The average molecular weight is 452 g/mol. The number of carbonyl (C=O) groups excluding carboxylic acids is 2. The maximum atomic E-state index is 12.9. The Morgan fingerprint density at radius 1 is 1.03 bits per heavy atom. The van der Waals surface area contributed by atoms with Crippen molar-refractivity contribution in [3.05, 3.63) is 65.1 Å². The highest BCUT2D eigenvalue weighted by molar-refractivity contribution is 6.31. The largest absolute Gasteiger partial charge is 0.352 e. The minimum atomic E-state index is 0.137. The van der Waals surface area contributed by atoms with Gasteiger partial charge in [0, 0.05) is 46.2 Å². The predicted octanol–water partition coefficient (Wildman–Crippen LogP) is 5.85. The lowest BCUT2D eigenvalue weighted by atomic mass is 9.69. The number of rotatable bonds is 12. The van der Waals surface area contributed by atoms with Crippen LogP contribution in [0.4, 0.5) is 0 Å². The van der Waals surface area contributed by atoms with Crippen LogP contribution in [0.3, 0.4) is 0 Å². The Balaban J connectivity index is 1.11. The van der Waals surface area contributed by atoms with E-state index in [0.29, 0.717) is 23.1 Å². The number of hydrogen-bond donors (Lipinski definition) is 2. The van der Waals surface area contributed by atoms with Crippen molar-refractivity contribution in [3.8, 4) is 0 Å². The average Bonchev–Trinajstić information content (AvgIpc) is 3.21. The SMILES string of the molecule is O=C(CCCCNCCCC1CCC1C(=O)c1cc2cc(Cl)ccc2[nH]1)c1ccncc1. The van der Waals surface area contributed by atoms with Crippen LogP contribution in [0.5, 0.6) is 0 Å². The Morgan fingerprint density at radius 3 is 2.62 bits per heavy atom. The number of pyridine rings is 1. The minimum Gasteiger partial charge on any atom is -0.352 e. The zero-order chi connectivity index (χ0) is 22.3. The van der Waals surface area contributed by atoms with Crippen LogP contribution in [0.2, 0.25) is 5.02 Å². The third-order valence-electron chi connectivity index (χ3n) is 6.54. The summed E-state index contributed by atoms with van der Waals surface area (Å²) in [6, 6.07) is 11.1. The summed E-state index contributed by atoms with van der Waals surface area (Å²) in [5, 5.41) is 5.15. The van der Waals surface area contributed by atoms with Crippen molar-refractivity contribution in [2.45, 2.75) is 44.9 Å². The molecule has 0 amide bonds. The molecule has 1 aliphatic carbocycles. The summed E-state index contributed by atoms with van der Waals surface area (Å²) >= 11 is 6.06. The van der Waals surface area contributed by atoms with Gasteiger partial charge in [-0.15, -0.1) is 0 Å². The molecule has 3 aromatic rings. The number of Topliss-reactive ketones (excluding diaryl/α,β-unsaturated/α-hetero) is 2. The van der Waals surface area contributed by atoms with Crippen molar-refractivity contribution < 1.29 is 9.59 Å². The smallest absolute Gasteiger partial charge is 0.182 e. The van der Waals surface area contributed by atoms with Gasteiger partial charge < -0.3 is 10.3 Å². The molecule has 0 aliphatic heterocycles. The van der Waals surface area contributed by atoms with Gasteiger partial charge in [0.2, 0.25) is 0 Å². The van der Waals surface area contributed by atoms with E-state index in [1.807, 2.05) is 24.3 Å². The Labute approximate surface area is 194 Å². The van der Waals surface area contributed by atoms with Gasteiger partial charge in [-0.2, -0.15) is 0 Å². The Bertz CT molecular complexity index is 1060. The molecule has 1 aromatic carbocycles. The highest BCUT2D eigenvalue weighted by Crippen LogP contribution is 2.40. The van der Waals surface area contributed by atoms with Crippen LogP contribution in [-0.4, -0.2) is 34.6 Å². The molecule has 1 aliphatic rings. The van der Waals surface area contributed by atoms with Gasteiger partial charge >= 0.3 is 0 Å². The molecule has 1 saturated carbocycles. The first-order chi connectivity index (χ1) is 15.6. The fourth-order valence-electron chi connectivity index (χ4n) is 4.53. The quantitative estimate of drug-likeness (QED) is 0.267. The highest BCUT2D eigenvalue weighted by Gasteiger charge is 2.36. The number of aromatic nitrogens is 2. The van der Waals surface area contributed by atoms with Crippen molar-refractivity contribution in [2.24, 2.45) is 11.8 Å². The normalized spacial score (nSPS) is 17.9. The van der Waals surface area contributed by atoms with E-state index in [4.69, 9.17) is 11.6 Å². The molecule has 2 N–H and O–H groups in total. The maximum absolute atomic E-state index is 12.9. The monoisotopic (exact) mass is 451 g/mol. The molecule has 4 rings (SSSR count). The molecule has 2 atom stereocenters. The van der Waals surface area contributed by atoms with E-state index in [-0.39, 0.29) is 17.5 Å². The third-order valence-corrected chi connectivity index (χ3v) is 6.78. The summed E-state index contributed by atoms with van der Waals surface area (Å²) in [6.07, 6.45) is 10.1. The number of benzene rings is 1. The van der Waals surface area contributed by atoms with Crippen LogP contribution in [0.1, 0.15) is 65.8 Å². The fourth-order valence-corrected chi connectivity index (χ4v) is 4.71. The Hall–Kier alpha value is -2.50. The molecule has 0 saturated heterocycles. The van der Waals surface area contributed by atoms with Crippen molar-refractivity contribution in [1.29, 1.82) is 0 Å². The zero-order valence-corrected chi connectivity index (χ0v) is 19.0. The zero-order valence-electron chi connectivity index (χ0n) is 18.3. The van der Waals surface area contributed by atoms with Gasteiger partial charge in [0.15, 0.2) is 11.6 Å². The highest BCUT2D eigenvalue weighted by atomic mass is 35.5. The standard InChI is InChI=1S/C26H30ClN3O2/c27-21-7-9-23-20(16-21)17-24(30-23)26(32)22-8-6-18(22)4-3-13-28-12-2-1-5-25(31)19-10-14-29-15-11-19/h7,9-11,14-18,22,28,30H,1-6,8,12-13H2. The number of carbonyl (C=O) groups is 2. The van der Waals surface area contributed by atoms with Crippen LogP contribution in [0.15, 0.2) is 48.8 Å². The van der Waals surface area contributed by atoms with Crippen LogP contribution >= 0.6 is 11.6 Å². The summed E-state index contributed by atoms with van der Waals surface area (Å²) < 4.78 is 0. The lowest BCUT2D eigenvalue weighted by Crippen LogP contribution is -2.33. The first kappa shape index (κ1) is 22.7. The number of ketones is 2. The van der Waals surface area contributed by atoms with E-state index in [2.05, 4.69) is 15.3 Å². The molecule has 2 aromatic heterocycles. The van der Waals surface area contributed by atoms with E-state index in [9.17, 15) is 9.59 Å². The van der Waals surface area contributed by atoms with Crippen LogP contribution in [-0.2, 0) is 0 Å². The van der Waals surface area contributed by atoms with Crippen molar-refractivity contribution >= 4 is 34.1 Å². The number of fused-ring (bicyclic) bond motifs is 1. The van der Waals surface area contributed by atoms with E-state index >= 15 is 0 Å². The molecule has 2 heterocycles. The molecule has 0 bridgehead atoms. The molecule has 0 spiro atoms. The molecule has 2 unspecified atom stereocenters. The molecule has 0 radical (unpaired) electrons. The number of hydrogen-bond acceptors (Lipinski definition) is 4. The van der Waals surface area contributed by atoms with Gasteiger partial charge in [0.25, 0.3) is 0 Å². The van der Waals surface area contributed by atoms with E-state index in [1.165, 1.54) is 0 Å². The number of unbranched alkanes of at least 4 members (excludes halogenated alkanes) is 1. The maximum Gasteiger partial charge on any atom is 0.182 e. The van der Waals surface area contributed by atoms with Gasteiger partial charge in [0.1, 0.15) is 0 Å². The fraction of sp³-hybridized carbons (Fsp3) is 0.423.